The van der Waals surface area contributed by atoms with Gasteiger partial charge in [-0.15, -0.1) is 0 Å². The standard InChI is InChI=1S/C20H17F4N5O4/c1-10(19(2,32)33)27-17(30)14-6-15(11-3-4-16(26-7-11)20(22,23)24)28-29(18(14)31)13-5-12(21)8-25-9-13/h3-10,32-33H,1-2H3,(H,27,30)/t10-/m0/s1. The van der Waals surface area contributed by atoms with Gasteiger partial charge < -0.3 is 15.5 Å². The van der Waals surface area contributed by atoms with Gasteiger partial charge in [-0.1, -0.05) is 0 Å². The summed E-state index contributed by atoms with van der Waals surface area (Å²) in [6.07, 6.45) is -1.86. The van der Waals surface area contributed by atoms with E-state index < -0.39 is 46.5 Å². The smallest absolute Gasteiger partial charge is 0.364 e. The van der Waals surface area contributed by atoms with Crippen molar-refractivity contribution in [3.8, 4) is 16.9 Å². The zero-order valence-electron chi connectivity index (χ0n) is 17.1. The third-order valence-electron chi connectivity index (χ3n) is 4.61. The van der Waals surface area contributed by atoms with Crippen LogP contribution in [-0.2, 0) is 6.18 Å². The van der Waals surface area contributed by atoms with Crippen LogP contribution in [0.3, 0.4) is 0 Å². The summed E-state index contributed by atoms with van der Waals surface area (Å²) in [6.45, 7) is 2.29. The molecule has 3 heterocycles. The van der Waals surface area contributed by atoms with Gasteiger partial charge in [0, 0.05) is 17.8 Å². The minimum atomic E-state index is -4.68. The molecular weight excluding hydrogens is 450 g/mol. The molecule has 174 valence electrons. The summed E-state index contributed by atoms with van der Waals surface area (Å²) in [4.78, 5) is 32.6. The van der Waals surface area contributed by atoms with Crippen molar-refractivity contribution in [1.82, 2.24) is 25.1 Å². The van der Waals surface area contributed by atoms with E-state index in [9.17, 15) is 37.4 Å². The molecule has 13 heteroatoms. The molecule has 3 N–H and O–H groups in total. The fourth-order valence-electron chi connectivity index (χ4n) is 2.61. The highest BCUT2D eigenvalue weighted by Crippen LogP contribution is 2.28. The zero-order chi connectivity index (χ0) is 24.6. The molecule has 0 saturated carbocycles. The maximum Gasteiger partial charge on any atom is 0.433 e. The van der Waals surface area contributed by atoms with Crippen molar-refractivity contribution in [2.75, 3.05) is 0 Å². The van der Waals surface area contributed by atoms with Gasteiger partial charge in [0.25, 0.3) is 11.5 Å². The van der Waals surface area contributed by atoms with E-state index >= 15 is 0 Å². The molecule has 9 nitrogen and oxygen atoms in total. The Morgan fingerprint density at radius 3 is 2.39 bits per heavy atom. The number of alkyl halides is 3. The Kier molecular flexibility index (Phi) is 6.29. The first-order valence-electron chi connectivity index (χ1n) is 9.32. The largest absolute Gasteiger partial charge is 0.433 e. The van der Waals surface area contributed by atoms with E-state index in [0.717, 1.165) is 43.7 Å². The molecule has 3 aromatic rings. The number of hydrogen-bond acceptors (Lipinski definition) is 7. The third kappa shape index (κ3) is 5.38. The quantitative estimate of drug-likeness (QED) is 0.384. The number of nitrogens with zero attached hydrogens (tertiary/aromatic N) is 4. The van der Waals surface area contributed by atoms with Crippen LogP contribution in [0, 0.1) is 5.82 Å². The second kappa shape index (κ2) is 8.67. The van der Waals surface area contributed by atoms with Crippen LogP contribution in [0.4, 0.5) is 17.6 Å². The van der Waals surface area contributed by atoms with Crippen LogP contribution >= 0.6 is 0 Å². The van der Waals surface area contributed by atoms with E-state index in [2.05, 4.69) is 20.4 Å². The number of aromatic nitrogens is 4. The van der Waals surface area contributed by atoms with Crippen LogP contribution in [0.25, 0.3) is 16.9 Å². The van der Waals surface area contributed by atoms with Gasteiger partial charge in [-0.05, 0) is 32.0 Å². The fraction of sp³-hybridized carbons (Fsp3) is 0.250. The maximum absolute atomic E-state index is 13.7. The lowest BCUT2D eigenvalue weighted by atomic mass is 10.1. The van der Waals surface area contributed by atoms with Crippen LogP contribution in [0.2, 0.25) is 0 Å². The van der Waals surface area contributed by atoms with Crippen molar-refractivity contribution in [3.63, 3.8) is 0 Å². The lowest BCUT2D eigenvalue weighted by Gasteiger charge is -2.25. The first kappa shape index (κ1) is 23.9. The number of pyridine rings is 2. The van der Waals surface area contributed by atoms with Crippen LogP contribution in [-0.4, -0.2) is 47.7 Å². The topological polar surface area (TPSA) is 130 Å². The second-order valence-corrected chi connectivity index (χ2v) is 7.24. The molecule has 0 aromatic carbocycles. The predicted molar refractivity (Wildman–Crippen MR) is 106 cm³/mol. The highest BCUT2D eigenvalue weighted by Gasteiger charge is 2.32. The average Bonchev–Trinajstić information content (AvgIpc) is 2.72. The Labute approximate surface area is 183 Å². The molecule has 0 spiro atoms. The Hall–Kier alpha value is -3.71. The van der Waals surface area contributed by atoms with Crippen molar-refractivity contribution >= 4 is 5.91 Å². The first-order chi connectivity index (χ1) is 15.3. The van der Waals surface area contributed by atoms with Crippen LogP contribution in [0.5, 0.6) is 0 Å². The van der Waals surface area contributed by atoms with Gasteiger partial charge >= 0.3 is 6.18 Å². The lowest BCUT2D eigenvalue weighted by molar-refractivity contribution is -0.162. The average molecular weight is 467 g/mol. The van der Waals surface area contributed by atoms with E-state index in [4.69, 9.17) is 0 Å². The Bertz CT molecular complexity index is 1240. The van der Waals surface area contributed by atoms with Gasteiger partial charge in [0.1, 0.15) is 17.1 Å². The van der Waals surface area contributed by atoms with Crippen molar-refractivity contribution in [2.45, 2.75) is 31.9 Å². The maximum atomic E-state index is 13.7. The third-order valence-corrected chi connectivity index (χ3v) is 4.61. The minimum Gasteiger partial charge on any atom is -0.364 e. The summed E-state index contributed by atoms with van der Waals surface area (Å²) in [5, 5.41) is 25.5. The summed E-state index contributed by atoms with van der Waals surface area (Å²) in [7, 11) is 0. The summed E-state index contributed by atoms with van der Waals surface area (Å²) in [5.74, 6) is -4.14. The monoisotopic (exact) mass is 467 g/mol. The highest BCUT2D eigenvalue weighted by molar-refractivity contribution is 5.95. The highest BCUT2D eigenvalue weighted by atomic mass is 19.4. The van der Waals surface area contributed by atoms with Crippen molar-refractivity contribution < 1.29 is 32.6 Å². The number of carbonyl (C=O) groups excluding carboxylic acids is 1. The van der Waals surface area contributed by atoms with E-state index in [-0.39, 0.29) is 16.9 Å². The molecule has 0 aliphatic carbocycles. The Morgan fingerprint density at radius 2 is 1.85 bits per heavy atom. The molecule has 0 aliphatic heterocycles. The molecule has 3 aromatic heterocycles. The normalized spacial score (nSPS) is 13.0. The molecule has 1 atom stereocenters. The van der Waals surface area contributed by atoms with Crippen molar-refractivity contribution in [1.29, 1.82) is 0 Å². The Balaban J connectivity index is 2.16. The molecular formula is C20H17F4N5O4. The summed E-state index contributed by atoms with van der Waals surface area (Å²) >= 11 is 0. The van der Waals surface area contributed by atoms with Crippen molar-refractivity contribution in [2.24, 2.45) is 0 Å². The SMILES string of the molecule is C[C@H](NC(=O)c1cc(-c2ccc(C(F)(F)F)nc2)nn(-c2cncc(F)c2)c1=O)C(C)(O)O. The minimum absolute atomic E-state index is 0.0253. The zero-order valence-corrected chi connectivity index (χ0v) is 17.1. The fourth-order valence-corrected chi connectivity index (χ4v) is 2.61. The number of carbonyl (C=O) groups is 1. The molecule has 0 fully saturated rings. The molecule has 33 heavy (non-hydrogen) atoms. The van der Waals surface area contributed by atoms with E-state index in [0.29, 0.717) is 10.7 Å². The number of amides is 1. The predicted octanol–water partition coefficient (Wildman–Crippen LogP) is 1.67. The molecule has 0 bridgehead atoms. The van der Waals surface area contributed by atoms with Gasteiger partial charge in [0.2, 0.25) is 0 Å². The number of hydrogen-bond donors (Lipinski definition) is 3. The van der Waals surface area contributed by atoms with Crippen LogP contribution in [0.15, 0.2) is 47.7 Å². The molecule has 0 unspecified atom stereocenters. The number of aliphatic hydroxyl groups is 2. The van der Waals surface area contributed by atoms with Gasteiger partial charge in [-0.25, -0.2) is 4.39 Å². The summed E-state index contributed by atoms with van der Waals surface area (Å²) < 4.78 is 52.8. The number of rotatable bonds is 5. The lowest BCUT2D eigenvalue weighted by Crippen LogP contribution is -2.50. The number of nitrogens with one attached hydrogen (secondary N) is 1. The molecule has 1 amide bonds. The van der Waals surface area contributed by atoms with Gasteiger partial charge in [-0.3, -0.25) is 19.6 Å². The molecule has 3 rings (SSSR count). The second-order valence-electron chi connectivity index (χ2n) is 7.24. The molecule has 0 radical (unpaired) electrons. The van der Waals surface area contributed by atoms with Crippen LogP contribution in [0.1, 0.15) is 29.9 Å². The van der Waals surface area contributed by atoms with E-state index in [1.54, 1.807) is 0 Å². The van der Waals surface area contributed by atoms with Gasteiger partial charge in [0.05, 0.1) is 29.8 Å². The van der Waals surface area contributed by atoms with Crippen LogP contribution < -0.4 is 10.9 Å². The molecule has 0 saturated heterocycles. The summed E-state index contributed by atoms with van der Waals surface area (Å²) in [5.41, 5.74) is -2.97. The van der Waals surface area contributed by atoms with Gasteiger partial charge in [-0.2, -0.15) is 23.0 Å². The summed E-state index contributed by atoms with van der Waals surface area (Å²) in [6, 6.07) is 2.45. The number of halogens is 4. The van der Waals surface area contributed by atoms with Gasteiger partial charge in [0.15, 0.2) is 5.79 Å². The van der Waals surface area contributed by atoms with E-state index in [1.165, 1.54) is 6.92 Å². The van der Waals surface area contributed by atoms with Crippen molar-refractivity contribution in [3.05, 3.63) is 70.3 Å². The van der Waals surface area contributed by atoms with E-state index in [1.807, 2.05) is 0 Å². The molecule has 0 aliphatic rings. The Morgan fingerprint density at radius 1 is 1.15 bits per heavy atom. The first-order valence-corrected chi connectivity index (χ1v) is 9.32.